The molecule has 0 aliphatic heterocycles. The highest BCUT2D eigenvalue weighted by Gasteiger charge is 2.23. The van der Waals surface area contributed by atoms with E-state index in [-0.39, 0.29) is 12.6 Å². The fourth-order valence-electron chi connectivity index (χ4n) is 4.67. The summed E-state index contributed by atoms with van der Waals surface area (Å²) < 4.78 is 43.8. The van der Waals surface area contributed by atoms with Crippen LogP contribution in [0.25, 0.3) is 11.1 Å². The molecule has 0 aromatic heterocycles. The average molecular weight is 595 g/mol. The molecule has 7 heteroatoms. The zero-order chi connectivity index (χ0) is 30.9. The lowest BCUT2D eigenvalue weighted by Crippen LogP contribution is -2.16. The van der Waals surface area contributed by atoms with Crippen LogP contribution in [0.1, 0.15) is 99.9 Å². The number of carbonyl (C=O) groups excluding carboxylic acids is 2. The third-order valence-corrected chi connectivity index (χ3v) is 7.29. The Morgan fingerprint density at radius 1 is 0.651 bits per heavy atom. The van der Waals surface area contributed by atoms with Crippen molar-refractivity contribution >= 4 is 11.9 Å². The van der Waals surface area contributed by atoms with E-state index in [1.807, 2.05) is 24.3 Å². The molecule has 0 radical (unpaired) electrons. The van der Waals surface area contributed by atoms with Crippen molar-refractivity contribution in [3.63, 3.8) is 0 Å². The zero-order valence-electron chi connectivity index (χ0n) is 25.4. The van der Waals surface area contributed by atoms with Gasteiger partial charge in [-0.15, -0.1) is 0 Å². The Morgan fingerprint density at radius 3 is 1.79 bits per heavy atom. The van der Waals surface area contributed by atoms with E-state index in [1.54, 1.807) is 48.5 Å². The second kappa shape index (κ2) is 18.9. The molecule has 0 saturated carbocycles. The molecule has 0 spiro atoms. The van der Waals surface area contributed by atoms with Crippen molar-refractivity contribution in [2.75, 3.05) is 13.2 Å². The Kier molecular flexibility index (Phi) is 14.9. The van der Waals surface area contributed by atoms with Gasteiger partial charge in [0, 0.05) is 13.0 Å². The summed E-state index contributed by atoms with van der Waals surface area (Å²) >= 11 is 0. The van der Waals surface area contributed by atoms with Crippen LogP contribution >= 0.6 is 0 Å². The normalized spacial score (nSPS) is 11.8. The van der Waals surface area contributed by atoms with Crippen molar-refractivity contribution < 1.29 is 32.6 Å². The largest absolute Gasteiger partial charge is 0.427 e. The highest BCUT2D eigenvalue weighted by Crippen LogP contribution is 2.28. The first-order valence-corrected chi connectivity index (χ1v) is 15.5. The number of unbranched alkanes of at least 4 members (excludes halogenated alkanes) is 7. The van der Waals surface area contributed by atoms with Crippen LogP contribution in [0, 0.1) is 0 Å². The summed E-state index contributed by atoms with van der Waals surface area (Å²) in [6.07, 6.45) is 7.31. The van der Waals surface area contributed by atoms with Gasteiger partial charge in [-0.05, 0) is 65.9 Å². The van der Waals surface area contributed by atoms with Gasteiger partial charge in [0.2, 0.25) is 6.43 Å². The maximum absolute atomic E-state index is 13.7. The molecule has 0 saturated heterocycles. The van der Waals surface area contributed by atoms with Gasteiger partial charge in [-0.1, -0.05) is 95.2 Å². The molecule has 3 aromatic carbocycles. The molecule has 0 fully saturated rings. The molecule has 0 amide bonds. The second-order valence-corrected chi connectivity index (χ2v) is 10.8. The SMILES string of the molecule is CCCCCCCC(=O)Oc1ccc(C(=O)Oc2ccc(-c3ccc([C@H](COCCCCCC)C(F)F)cc3)cc2)cc1. The van der Waals surface area contributed by atoms with E-state index < -0.39 is 18.3 Å². The molecule has 232 valence electrons. The Hall–Kier alpha value is -3.58. The van der Waals surface area contributed by atoms with Crippen LogP contribution in [0.15, 0.2) is 72.8 Å². The number of ether oxygens (including phenoxy) is 3. The molecular formula is C36H44F2O5. The zero-order valence-corrected chi connectivity index (χ0v) is 25.4. The van der Waals surface area contributed by atoms with Crippen LogP contribution in [-0.2, 0) is 9.53 Å². The average Bonchev–Trinajstić information content (AvgIpc) is 3.01. The van der Waals surface area contributed by atoms with Crippen LogP contribution in [0.4, 0.5) is 8.78 Å². The Balaban J connectivity index is 1.49. The number of alkyl halides is 2. The smallest absolute Gasteiger partial charge is 0.343 e. The molecule has 3 aromatic rings. The van der Waals surface area contributed by atoms with Gasteiger partial charge in [-0.25, -0.2) is 13.6 Å². The third-order valence-electron chi connectivity index (χ3n) is 7.29. The van der Waals surface area contributed by atoms with E-state index in [1.165, 1.54) is 6.42 Å². The van der Waals surface area contributed by atoms with E-state index >= 15 is 0 Å². The van der Waals surface area contributed by atoms with Gasteiger partial charge in [-0.3, -0.25) is 4.79 Å². The highest BCUT2D eigenvalue weighted by atomic mass is 19.3. The predicted octanol–water partition coefficient (Wildman–Crippen LogP) is 9.78. The summed E-state index contributed by atoms with van der Waals surface area (Å²) in [5.74, 6) is -1.02. The molecule has 5 nitrogen and oxygen atoms in total. The van der Waals surface area contributed by atoms with Crippen molar-refractivity contribution in [1.29, 1.82) is 0 Å². The highest BCUT2D eigenvalue weighted by molar-refractivity contribution is 5.91. The van der Waals surface area contributed by atoms with Crippen LogP contribution < -0.4 is 9.47 Å². The van der Waals surface area contributed by atoms with E-state index in [0.717, 1.165) is 62.5 Å². The lowest BCUT2D eigenvalue weighted by atomic mass is 9.97. The molecule has 0 aliphatic carbocycles. The Morgan fingerprint density at radius 2 is 1.19 bits per heavy atom. The summed E-state index contributed by atoms with van der Waals surface area (Å²) in [7, 11) is 0. The van der Waals surface area contributed by atoms with Gasteiger partial charge >= 0.3 is 11.9 Å². The number of benzene rings is 3. The summed E-state index contributed by atoms with van der Waals surface area (Å²) in [6.45, 7) is 4.77. The predicted molar refractivity (Wildman–Crippen MR) is 166 cm³/mol. The second-order valence-electron chi connectivity index (χ2n) is 10.8. The van der Waals surface area contributed by atoms with Crippen LogP contribution in [0.5, 0.6) is 11.5 Å². The van der Waals surface area contributed by atoms with E-state index in [4.69, 9.17) is 14.2 Å². The molecule has 1 atom stereocenters. The number of carbonyl (C=O) groups is 2. The fourth-order valence-corrected chi connectivity index (χ4v) is 4.67. The standard InChI is InChI=1S/C36H44F2O5/c1-3-5-7-9-10-12-34(39)42-31-23-19-30(20-24-31)36(40)43-32-21-17-28(18-22-32)27-13-15-29(16-14-27)33(35(37)38)26-41-25-11-8-6-4-2/h13-24,33,35H,3-12,25-26H2,1-2H3/t33-/m0/s1. The molecular weight excluding hydrogens is 550 g/mol. The maximum atomic E-state index is 13.7. The van der Waals surface area contributed by atoms with Crippen molar-refractivity contribution in [2.24, 2.45) is 0 Å². The first kappa shape index (κ1) is 33.9. The van der Waals surface area contributed by atoms with Crippen molar-refractivity contribution in [2.45, 2.75) is 90.4 Å². The van der Waals surface area contributed by atoms with E-state index in [9.17, 15) is 18.4 Å². The molecule has 43 heavy (non-hydrogen) atoms. The third kappa shape index (κ3) is 11.9. The summed E-state index contributed by atoms with van der Waals surface area (Å²) in [6, 6.07) is 20.3. The van der Waals surface area contributed by atoms with E-state index in [0.29, 0.717) is 35.7 Å². The monoisotopic (exact) mass is 594 g/mol. The maximum Gasteiger partial charge on any atom is 0.343 e. The van der Waals surface area contributed by atoms with Gasteiger partial charge in [0.05, 0.1) is 18.1 Å². The Bertz CT molecular complexity index is 1220. The van der Waals surface area contributed by atoms with Gasteiger partial charge in [0.1, 0.15) is 11.5 Å². The Labute approximate surface area is 254 Å². The number of halogens is 2. The molecule has 0 unspecified atom stereocenters. The topological polar surface area (TPSA) is 61.8 Å². The molecule has 3 rings (SSSR count). The number of esters is 2. The van der Waals surface area contributed by atoms with Crippen LogP contribution in [-0.4, -0.2) is 31.6 Å². The van der Waals surface area contributed by atoms with Gasteiger partial charge < -0.3 is 14.2 Å². The molecule has 0 N–H and O–H groups in total. The molecule has 0 heterocycles. The lowest BCUT2D eigenvalue weighted by molar-refractivity contribution is -0.134. The quantitative estimate of drug-likeness (QED) is 0.0785. The summed E-state index contributed by atoms with van der Waals surface area (Å²) in [5, 5.41) is 0. The first-order chi connectivity index (χ1) is 20.9. The number of hydrogen-bond acceptors (Lipinski definition) is 5. The van der Waals surface area contributed by atoms with Gasteiger partial charge in [0.15, 0.2) is 0 Å². The number of hydrogen-bond donors (Lipinski definition) is 0. The molecule has 0 bridgehead atoms. The van der Waals surface area contributed by atoms with Crippen molar-refractivity contribution in [3.8, 4) is 22.6 Å². The van der Waals surface area contributed by atoms with Gasteiger partial charge in [0.25, 0.3) is 0 Å². The van der Waals surface area contributed by atoms with Crippen molar-refractivity contribution in [1.82, 2.24) is 0 Å². The van der Waals surface area contributed by atoms with E-state index in [2.05, 4.69) is 13.8 Å². The lowest BCUT2D eigenvalue weighted by Gasteiger charge is -2.17. The fraction of sp³-hybridized carbons (Fsp3) is 0.444. The number of rotatable bonds is 19. The minimum atomic E-state index is -2.51. The first-order valence-electron chi connectivity index (χ1n) is 15.5. The van der Waals surface area contributed by atoms with Crippen LogP contribution in [0.2, 0.25) is 0 Å². The molecule has 0 aliphatic rings. The van der Waals surface area contributed by atoms with Crippen molar-refractivity contribution in [3.05, 3.63) is 83.9 Å². The van der Waals surface area contributed by atoms with Crippen LogP contribution in [0.3, 0.4) is 0 Å². The summed E-state index contributed by atoms with van der Waals surface area (Å²) in [5.41, 5.74) is 2.60. The summed E-state index contributed by atoms with van der Waals surface area (Å²) in [4.78, 5) is 24.7. The minimum Gasteiger partial charge on any atom is -0.427 e. The van der Waals surface area contributed by atoms with Gasteiger partial charge in [-0.2, -0.15) is 0 Å². The minimum absolute atomic E-state index is 0.00370.